The minimum Gasteiger partial charge on any atom is -0.313 e. The first-order valence-electron chi connectivity index (χ1n) is 4.34. The normalized spacial score (nSPS) is 10.5. The molecule has 0 unspecified atom stereocenters. The van der Waals surface area contributed by atoms with Crippen LogP contribution in [0, 0.1) is 5.82 Å². The highest BCUT2D eigenvalue weighted by Crippen LogP contribution is 2.16. The van der Waals surface area contributed by atoms with Crippen LogP contribution in [0.5, 0.6) is 0 Å². The zero-order valence-electron chi connectivity index (χ0n) is 7.71. The van der Waals surface area contributed by atoms with Gasteiger partial charge >= 0.3 is 5.69 Å². The Hall–Kier alpha value is -1.55. The van der Waals surface area contributed by atoms with E-state index in [1.165, 1.54) is 16.7 Å². The van der Waals surface area contributed by atoms with E-state index in [2.05, 4.69) is 4.98 Å². The smallest absolute Gasteiger partial charge is 0.313 e. The average Bonchev–Trinajstić information content (AvgIpc) is 2.59. The lowest BCUT2D eigenvalue weighted by molar-refractivity contribution is 0.626. The van der Waals surface area contributed by atoms with Crippen LogP contribution in [0.15, 0.2) is 35.4 Å². The van der Waals surface area contributed by atoms with Crippen molar-refractivity contribution in [3.05, 3.63) is 57.5 Å². The van der Waals surface area contributed by atoms with Gasteiger partial charge in [-0.25, -0.2) is 9.18 Å². The minimum atomic E-state index is -0.457. The van der Waals surface area contributed by atoms with E-state index in [1.54, 1.807) is 18.5 Å². The highest BCUT2D eigenvalue weighted by Gasteiger charge is 2.02. The second-order valence-corrected chi connectivity index (χ2v) is 3.55. The lowest BCUT2D eigenvalue weighted by Gasteiger charge is -2.02. The number of nitrogens with zero attached hydrogens (tertiary/aromatic N) is 1. The van der Waals surface area contributed by atoms with Crippen molar-refractivity contribution in [3.63, 3.8) is 0 Å². The molecule has 0 radical (unpaired) electrons. The minimum absolute atomic E-state index is 0.0658. The molecule has 78 valence electrons. The first kappa shape index (κ1) is 9.98. The van der Waals surface area contributed by atoms with E-state index in [4.69, 9.17) is 11.6 Å². The predicted molar refractivity (Wildman–Crippen MR) is 55.6 cm³/mol. The number of imidazole rings is 1. The second kappa shape index (κ2) is 3.90. The number of benzene rings is 1. The average molecular weight is 227 g/mol. The van der Waals surface area contributed by atoms with Gasteiger partial charge in [0.2, 0.25) is 0 Å². The summed E-state index contributed by atoms with van der Waals surface area (Å²) < 4.78 is 14.3. The molecule has 2 aromatic rings. The van der Waals surface area contributed by atoms with Crippen molar-refractivity contribution in [2.45, 2.75) is 6.54 Å². The maximum Gasteiger partial charge on any atom is 0.325 e. The third kappa shape index (κ3) is 2.10. The third-order valence-corrected chi connectivity index (χ3v) is 2.35. The van der Waals surface area contributed by atoms with E-state index in [1.807, 2.05) is 0 Å². The number of hydrogen-bond donors (Lipinski definition) is 1. The molecule has 0 aliphatic rings. The number of hydrogen-bond acceptors (Lipinski definition) is 1. The van der Waals surface area contributed by atoms with Crippen molar-refractivity contribution in [1.29, 1.82) is 0 Å². The molecule has 0 spiro atoms. The molecular formula is C10H8ClFN2O. The number of rotatable bonds is 2. The number of nitrogens with one attached hydrogen (secondary N) is 1. The standard InChI is InChI=1S/C10H8ClFN2O/c11-8-5-7(1-2-9(8)12)6-14-4-3-13-10(14)15/h1-5H,6H2,(H,13,15). The van der Waals surface area contributed by atoms with Crippen LogP contribution in [0.25, 0.3) is 0 Å². The highest BCUT2D eigenvalue weighted by atomic mass is 35.5. The van der Waals surface area contributed by atoms with Gasteiger partial charge in [0.1, 0.15) is 5.82 Å². The Kier molecular flexibility index (Phi) is 2.60. The number of aromatic nitrogens is 2. The highest BCUT2D eigenvalue weighted by molar-refractivity contribution is 6.30. The van der Waals surface area contributed by atoms with Crippen molar-refractivity contribution < 1.29 is 4.39 Å². The summed E-state index contributed by atoms with van der Waals surface area (Å²) in [5, 5.41) is 0.0658. The topological polar surface area (TPSA) is 37.8 Å². The molecule has 1 aromatic carbocycles. The first-order valence-corrected chi connectivity index (χ1v) is 4.72. The molecule has 0 aliphatic carbocycles. The zero-order valence-corrected chi connectivity index (χ0v) is 8.46. The molecule has 1 aromatic heterocycles. The van der Waals surface area contributed by atoms with Crippen LogP contribution in [-0.2, 0) is 6.54 Å². The van der Waals surface area contributed by atoms with Gasteiger partial charge in [-0.2, -0.15) is 0 Å². The molecule has 0 amide bonds. The Morgan fingerprint density at radius 3 is 2.87 bits per heavy atom. The maximum absolute atomic E-state index is 12.9. The van der Waals surface area contributed by atoms with Gasteiger partial charge in [0, 0.05) is 12.4 Å². The molecular weight excluding hydrogens is 219 g/mol. The number of halogens is 2. The molecule has 0 atom stereocenters. The molecule has 1 heterocycles. The summed E-state index contributed by atoms with van der Waals surface area (Å²) in [6, 6.07) is 4.40. The summed E-state index contributed by atoms with van der Waals surface area (Å²) in [5.41, 5.74) is 0.582. The van der Waals surface area contributed by atoms with Crippen molar-refractivity contribution in [3.8, 4) is 0 Å². The molecule has 0 saturated heterocycles. The molecule has 0 bridgehead atoms. The van der Waals surface area contributed by atoms with Crippen molar-refractivity contribution in [2.24, 2.45) is 0 Å². The fraction of sp³-hybridized carbons (Fsp3) is 0.100. The molecule has 5 heteroatoms. The molecule has 3 nitrogen and oxygen atoms in total. The molecule has 0 saturated carbocycles. The van der Waals surface area contributed by atoms with Crippen LogP contribution in [0.3, 0.4) is 0 Å². The molecule has 0 aliphatic heterocycles. The third-order valence-electron chi connectivity index (χ3n) is 2.06. The molecule has 1 N–H and O–H groups in total. The van der Waals surface area contributed by atoms with E-state index in [9.17, 15) is 9.18 Å². The van der Waals surface area contributed by atoms with Crippen molar-refractivity contribution >= 4 is 11.6 Å². The first-order chi connectivity index (χ1) is 7.16. The monoisotopic (exact) mass is 226 g/mol. The SMILES string of the molecule is O=c1[nH]ccn1Cc1ccc(F)c(Cl)c1. The quantitative estimate of drug-likeness (QED) is 0.836. The van der Waals surface area contributed by atoms with Gasteiger partial charge in [-0.3, -0.25) is 4.57 Å². The maximum atomic E-state index is 12.9. The van der Waals surface area contributed by atoms with Gasteiger partial charge in [0.25, 0.3) is 0 Å². The Labute approximate surface area is 90.1 Å². The van der Waals surface area contributed by atoms with E-state index in [0.29, 0.717) is 6.54 Å². The van der Waals surface area contributed by atoms with E-state index in [-0.39, 0.29) is 10.7 Å². The largest absolute Gasteiger partial charge is 0.325 e. The van der Waals surface area contributed by atoms with Gasteiger partial charge in [0.05, 0.1) is 11.6 Å². The van der Waals surface area contributed by atoms with Crippen molar-refractivity contribution in [2.75, 3.05) is 0 Å². The summed E-state index contributed by atoms with van der Waals surface area (Å²) in [6.45, 7) is 0.377. The van der Waals surface area contributed by atoms with Gasteiger partial charge in [-0.15, -0.1) is 0 Å². The van der Waals surface area contributed by atoms with E-state index in [0.717, 1.165) is 5.56 Å². The van der Waals surface area contributed by atoms with Crippen LogP contribution in [0.1, 0.15) is 5.56 Å². The number of H-pyrrole nitrogens is 1. The summed E-state index contributed by atoms with van der Waals surface area (Å²) in [5.74, 6) is -0.457. The van der Waals surface area contributed by atoms with Crippen LogP contribution in [0.4, 0.5) is 4.39 Å². The van der Waals surface area contributed by atoms with Gasteiger partial charge in [0.15, 0.2) is 0 Å². The Morgan fingerprint density at radius 1 is 1.47 bits per heavy atom. The van der Waals surface area contributed by atoms with Gasteiger partial charge in [-0.1, -0.05) is 17.7 Å². The molecule has 15 heavy (non-hydrogen) atoms. The lowest BCUT2D eigenvalue weighted by atomic mass is 10.2. The predicted octanol–water partition coefficient (Wildman–Crippen LogP) is 2.02. The van der Waals surface area contributed by atoms with Crippen LogP contribution >= 0.6 is 11.6 Å². The second-order valence-electron chi connectivity index (χ2n) is 3.14. The van der Waals surface area contributed by atoms with Crippen LogP contribution in [-0.4, -0.2) is 9.55 Å². The summed E-state index contributed by atoms with van der Waals surface area (Å²) in [6.07, 6.45) is 3.17. The molecule has 2 rings (SSSR count). The Morgan fingerprint density at radius 2 is 2.27 bits per heavy atom. The van der Waals surface area contributed by atoms with Gasteiger partial charge in [-0.05, 0) is 17.7 Å². The van der Waals surface area contributed by atoms with Crippen LogP contribution in [0.2, 0.25) is 5.02 Å². The van der Waals surface area contributed by atoms with Crippen LogP contribution < -0.4 is 5.69 Å². The molecule has 0 fully saturated rings. The Balaban J connectivity index is 2.29. The summed E-state index contributed by atoms with van der Waals surface area (Å²) in [4.78, 5) is 13.7. The number of aromatic amines is 1. The fourth-order valence-corrected chi connectivity index (χ4v) is 1.51. The van der Waals surface area contributed by atoms with Gasteiger partial charge < -0.3 is 4.98 Å². The summed E-state index contributed by atoms with van der Waals surface area (Å²) >= 11 is 5.62. The van der Waals surface area contributed by atoms with E-state index >= 15 is 0 Å². The fourth-order valence-electron chi connectivity index (χ4n) is 1.31. The Bertz CT molecular complexity index is 532. The lowest BCUT2D eigenvalue weighted by Crippen LogP contribution is -2.16. The van der Waals surface area contributed by atoms with Crippen molar-refractivity contribution in [1.82, 2.24) is 9.55 Å². The zero-order chi connectivity index (χ0) is 10.8. The summed E-state index contributed by atoms with van der Waals surface area (Å²) in [7, 11) is 0. The van der Waals surface area contributed by atoms with E-state index < -0.39 is 5.82 Å².